The van der Waals surface area contributed by atoms with E-state index in [0.29, 0.717) is 17.9 Å². The highest BCUT2D eigenvalue weighted by atomic mass is 16.1. The summed E-state index contributed by atoms with van der Waals surface area (Å²) >= 11 is 0. The normalized spacial score (nSPS) is 14.4. The molecule has 0 aliphatic rings. The molecule has 1 amide bonds. The van der Waals surface area contributed by atoms with Crippen molar-refractivity contribution in [3.63, 3.8) is 0 Å². The third-order valence-electron chi connectivity index (χ3n) is 2.64. The maximum absolute atomic E-state index is 11.7. The first-order valence-corrected chi connectivity index (χ1v) is 6.75. The fourth-order valence-electron chi connectivity index (χ4n) is 1.44. The van der Waals surface area contributed by atoms with Crippen LogP contribution in [0.25, 0.3) is 0 Å². The summed E-state index contributed by atoms with van der Waals surface area (Å²) in [6, 6.07) is -0.238. The van der Waals surface area contributed by atoms with Crippen LogP contribution in [0.4, 0.5) is 0 Å². The Labute approximate surface area is 115 Å². The molecule has 0 spiro atoms. The van der Waals surface area contributed by atoms with Gasteiger partial charge in [0.2, 0.25) is 5.91 Å². The van der Waals surface area contributed by atoms with Gasteiger partial charge in [0.15, 0.2) is 0 Å². The molecule has 0 saturated heterocycles. The van der Waals surface area contributed by atoms with Gasteiger partial charge in [-0.05, 0) is 12.8 Å². The van der Waals surface area contributed by atoms with Gasteiger partial charge in [0.25, 0.3) is 0 Å². The van der Waals surface area contributed by atoms with E-state index in [4.69, 9.17) is 11.5 Å². The minimum Gasteiger partial charge on any atom is -0.397 e. The summed E-state index contributed by atoms with van der Waals surface area (Å²) in [5.41, 5.74) is 11.9. The zero-order valence-corrected chi connectivity index (χ0v) is 12.4. The van der Waals surface area contributed by atoms with Crippen LogP contribution < -0.4 is 22.1 Å². The van der Waals surface area contributed by atoms with E-state index < -0.39 is 0 Å². The number of carbonyl (C=O) groups excluding carboxylic acids is 1. The predicted molar refractivity (Wildman–Crippen MR) is 79.2 cm³/mol. The van der Waals surface area contributed by atoms with Crippen LogP contribution in [0.1, 0.15) is 40.5 Å². The molecule has 0 aliphatic heterocycles. The molecule has 0 rings (SSSR count). The molecule has 0 aliphatic carbocycles. The average Bonchev–Trinajstić information content (AvgIpc) is 2.39. The van der Waals surface area contributed by atoms with Crippen LogP contribution in [0.2, 0.25) is 0 Å². The number of amides is 1. The quantitative estimate of drug-likeness (QED) is 0.383. The molecule has 0 radical (unpaired) electrons. The Morgan fingerprint density at radius 1 is 1.37 bits per heavy atom. The Kier molecular flexibility index (Phi) is 8.41. The molecule has 6 N–H and O–H groups in total. The first kappa shape index (κ1) is 17.3. The van der Waals surface area contributed by atoms with Crippen molar-refractivity contribution in [2.24, 2.45) is 22.4 Å². The molecule has 6 nitrogen and oxygen atoms in total. The molecular weight excluding hydrogens is 242 g/mol. The van der Waals surface area contributed by atoms with Gasteiger partial charge >= 0.3 is 0 Å². The van der Waals surface area contributed by atoms with Crippen molar-refractivity contribution in [1.29, 1.82) is 0 Å². The Bertz CT molecular complexity index is 336. The summed E-state index contributed by atoms with van der Waals surface area (Å²) in [6.45, 7) is 8.45. The fourth-order valence-corrected chi connectivity index (χ4v) is 1.44. The number of hydrogen-bond acceptors (Lipinski definition) is 4. The predicted octanol–water partition coefficient (Wildman–Crippen LogP) is 0.652. The fraction of sp³-hybridized carbons (Fsp3) is 0.692. The van der Waals surface area contributed by atoms with Gasteiger partial charge in [-0.2, -0.15) is 0 Å². The van der Waals surface area contributed by atoms with Crippen molar-refractivity contribution < 1.29 is 4.79 Å². The minimum absolute atomic E-state index is 0.0265. The molecule has 0 fully saturated rings. The average molecular weight is 269 g/mol. The van der Waals surface area contributed by atoms with Crippen molar-refractivity contribution >= 4 is 12.2 Å². The van der Waals surface area contributed by atoms with E-state index in [0.717, 1.165) is 13.0 Å². The third-order valence-corrected chi connectivity index (χ3v) is 2.64. The highest BCUT2D eigenvalue weighted by molar-refractivity contribution is 5.78. The molecule has 0 aromatic rings. The van der Waals surface area contributed by atoms with Gasteiger partial charge in [-0.15, -0.1) is 0 Å². The molecule has 0 saturated carbocycles. The van der Waals surface area contributed by atoms with Crippen LogP contribution in [-0.2, 0) is 4.79 Å². The SMILES string of the molecule is CCCN/C(N=CN)=C(\N)C(CC)NC(=O)C(C)C. The van der Waals surface area contributed by atoms with Crippen LogP contribution in [0.5, 0.6) is 0 Å². The Morgan fingerprint density at radius 3 is 2.42 bits per heavy atom. The number of rotatable bonds is 8. The summed E-state index contributed by atoms with van der Waals surface area (Å²) < 4.78 is 0. The lowest BCUT2D eigenvalue weighted by Gasteiger charge is -2.21. The van der Waals surface area contributed by atoms with E-state index >= 15 is 0 Å². The lowest BCUT2D eigenvalue weighted by Crippen LogP contribution is -2.42. The molecular formula is C13H27N5O. The minimum atomic E-state index is -0.238. The van der Waals surface area contributed by atoms with Crippen LogP contribution in [0, 0.1) is 5.92 Å². The zero-order valence-electron chi connectivity index (χ0n) is 12.4. The number of nitrogens with two attached hydrogens (primary N) is 2. The van der Waals surface area contributed by atoms with Crippen LogP contribution >= 0.6 is 0 Å². The van der Waals surface area contributed by atoms with E-state index in [1.54, 1.807) is 0 Å². The number of nitrogens with zero attached hydrogens (tertiary/aromatic N) is 1. The van der Waals surface area contributed by atoms with Crippen molar-refractivity contribution in [3.8, 4) is 0 Å². The first-order valence-electron chi connectivity index (χ1n) is 6.75. The zero-order chi connectivity index (χ0) is 14.8. The molecule has 19 heavy (non-hydrogen) atoms. The standard InChI is InChI=1S/C13H27N5O/c1-5-7-16-12(17-8-14)11(15)10(6-2)18-13(19)9(3)4/h8-10,16H,5-7,15H2,1-4H3,(H2,14,17)(H,18,19)/b12-11+. The highest BCUT2D eigenvalue weighted by Crippen LogP contribution is 2.07. The van der Waals surface area contributed by atoms with Gasteiger partial charge in [0, 0.05) is 12.5 Å². The van der Waals surface area contributed by atoms with E-state index in [1.165, 1.54) is 6.34 Å². The van der Waals surface area contributed by atoms with Gasteiger partial charge in [-0.1, -0.05) is 27.7 Å². The number of carbonyl (C=O) groups is 1. The Hall–Kier alpha value is -1.72. The lowest BCUT2D eigenvalue weighted by molar-refractivity contribution is -0.124. The summed E-state index contributed by atoms with van der Waals surface area (Å²) in [6.07, 6.45) is 2.84. The van der Waals surface area contributed by atoms with Gasteiger partial charge in [0.1, 0.15) is 5.82 Å². The topological polar surface area (TPSA) is 106 Å². The highest BCUT2D eigenvalue weighted by Gasteiger charge is 2.18. The van der Waals surface area contributed by atoms with E-state index in [2.05, 4.69) is 15.6 Å². The van der Waals surface area contributed by atoms with Crippen molar-refractivity contribution in [3.05, 3.63) is 11.5 Å². The lowest BCUT2D eigenvalue weighted by atomic mass is 10.1. The van der Waals surface area contributed by atoms with Crippen molar-refractivity contribution in [1.82, 2.24) is 10.6 Å². The maximum Gasteiger partial charge on any atom is 0.223 e. The molecule has 6 heteroatoms. The van der Waals surface area contributed by atoms with Gasteiger partial charge in [-0.3, -0.25) is 4.79 Å². The summed E-state index contributed by atoms with van der Waals surface area (Å²) in [7, 11) is 0. The monoisotopic (exact) mass is 269 g/mol. The second-order valence-corrected chi connectivity index (χ2v) is 4.63. The first-order chi connectivity index (χ1) is 8.97. The summed E-state index contributed by atoms with van der Waals surface area (Å²) in [5, 5.41) is 6.02. The molecule has 0 aromatic carbocycles. The second-order valence-electron chi connectivity index (χ2n) is 4.63. The molecule has 0 bridgehead atoms. The molecule has 0 aromatic heterocycles. The smallest absolute Gasteiger partial charge is 0.223 e. The number of nitrogens with one attached hydrogen (secondary N) is 2. The van der Waals surface area contributed by atoms with Crippen LogP contribution in [0.15, 0.2) is 16.5 Å². The molecule has 0 heterocycles. The summed E-state index contributed by atoms with van der Waals surface area (Å²) in [5.74, 6) is 0.425. The van der Waals surface area contributed by atoms with Gasteiger partial charge in [-0.25, -0.2) is 4.99 Å². The Balaban J connectivity index is 5.00. The second kappa shape index (κ2) is 9.24. The van der Waals surface area contributed by atoms with Gasteiger partial charge in [0.05, 0.1) is 18.1 Å². The van der Waals surface area contributed by atoms with E-state index in [-0.39, 0.29) is 17.9 Å². The third kappa shape index (κ3) is 6.13. The van der Waals surface area contributed by atoms with E-state index in [9.17, 15) is 4.79 Å². The molecule has 1 atom stereocenters. The largest absolute Gasteiger partial charge is 0.397 e. The van der Waals surface area contributed by atoms with Crippen molar-refractivity contribution in [2.75, 3.05) is 6.54 Å². The van der Waals surface area contributed by atoms with Crippen LogP contribution in [0.3, 0.4) is 0 Å². The number of aliphatic imine (C=N–C) groups is 1. The summed E-state index contributed by atoms with van der Waals surface area (Å²) in [4.78, 5) is 15.8. The maximum atomic E-state index is 11.7. The number of hydrogen-bond donors (Lipinski definition) is 4. The van der Waals surface area contributed by atoms with Gasteiger partial charge < -0.3 is 22.1 Å². The Morgan fingerprint density at radius 2 is 2.00 bits per heavy atom. The molecule has 110 valence electrons. The van der Waals surface area contributed by atoms with Crippen molar-refractivity contribution in [2.45, 2.75) is 46.6 Å². The van der Waals surface area contributed by atoms with E-state index in [1.807, 2.05) is 27.7 Å². The van der Waals surface area contributed by atoms with Crippen LogP contribution in [-0.4, -0.2) is 24.8 Å². The molecule has 1 unspecified atom stereocenters.